The lowest BCUT2D eigenvalue weighted by Gasteiger charge is -2.12. The van der Waals surface area contributed by atoms with Gasteiger partial charge in [-0.05, 0) is 68.2 Å². The average Bonchev–Trinajstić information content (AvgIpc) is 3.25. The Kier molecular flexibility index (Phi) is 7.65. The van der Waals surface area contributed by atoms with Crippen molar-refractivity contribution in [1.29, 1.82) is 0 Å². The van der Waals surface area contributed by atoms with Crippen molar-refractivity contribution in [1.82, 2.24) is 19.6 Å². The largest absolute Gasteiger partial charge is 0.492 e. The third-order valence-corrected chi connectivity index (χ3v) is 6.12. The maximum atomic E-state index is 12.6. The van der Waals surface area contributed by atoms with Gasteiger partial charge in [-0.1, -0.05) is 18.2 Å². The molecule has 0 bridgehead atoms. The zero-order valence-electron chi connectivity index (χ0n) is 18.9. The first-order valence-electron chi connectivity index (χ1n) is 10.9. The zero-order chi connectivity index (χ0) is 23.0. The number of rotatable bonds is 10. The molecule has 0 aliphatic carbocycles. The molecule has 4 aromatic rings. The lowest BCUT2D eigenvalue weighted by atomic mass is 10.2. The third-order valence-electron chi connectivity index (χ3n) is 5.08. The van der Waals surface area contributed by atoms with Gasteiger partial charge in [-0.3, -0.25) is 4.79 Å². The van der Waals surface area contributed by atoms with E-state index in [-0.39, 0.29) is 5.91 Å². The van der Waals surface area contributed by atoms with Crippen molar-refractivity contribution in [2.45, 2.75) is 17.2 Å². The molecule has 0 radical (unpaired) electrons. The van der Waals surface area contributed by atoms with Crippen LogP contribution >= 0.6 is 11.8 Å². The Morgan fingerprint density at radius 3 is 2.73 bits per heavy atom. The number of likely N-dealkylation sites (N-methyl/N-ethyl adjacent to an activating group) is 1. The molecule has 0 unspecified atom stereocenters. The van der Waals surface area contributed by atoms with Crippen molar-refractivity contribution < 1.29 is 9.53 Å². The van der Waals surface area contributed by atoms with E-state index in [1.54, 1.807) is 11.8 Å². The van der Waals surface area contributed by atoms with Gasteiger partial charge in [-0.25, -0.2) is 4.98 Å². The minimum atomic E-state index is -0.0918. The number of thioether (sulfide) groups is 1. The molecule has 0 saturated carbocycles. The average molecular weight is 461 g/mol. The highest BCUT2D eigenvalue weighted by Gasteiger charge is 2.07. The van der Waals surface area contributed by atoms with E-state index in [4.69, 9.17) is 4.74 Å². The highest BCUT2D eigenvalue weighted by Crippen LogP contribution is 2.23. The van der Waals surface area contributed by atoms with Crippen molar-refractivity contribution in [3.8, 4) is 5.75 Å². The third kappa shape index (κ3) is 6.60. The summed E-state index contributed by atoms with van der Waals surface area (Å²) in [6.07, 6.45) is 4.05. The second-order valence-electron chi connectivity index (χ2n) is 7.99. The molecule has 4 rings (SSSR count). The zero-order valence-corrected chi connectivity index (χ0v) is 19.7. The summed E-state index contributed by atoms with van der Waals surface area (Å²) in [6, 6.07) is 21.5. The number of fused-ring (bicyclic) bond motifs is 1. The second-order valence-corrected chi connectivity index (χ2v) is 9.04. The maximum absolute atomic E-state index is 12.6. The minimum absolute atomic E-state index is 0.0918. The van der Waals surface area contributed by atoms with E-state index >= 15 is 0 Å². The molecule has 0 aliphatic rings. The SMILES string of the molecule is CN(C)CCOc1cccc(CNC(=O)c2ccc(SCc3cn4ccccc4n3)cc2)c1. The summed E-state index contributed by atoms with van der Waals surface area (Å²) in [7, 11) is 4.03. The van der Waals surface area contributed by atoms with Crippen LogP contribution in [0.15, 0.2) is 84.0 Å². The van der Waals surface area contributed by atoms with Crippen LogP contribution in [0.2, 0.25) is 0 Å². The van der Waals surface area contributed by atoms with Crippen LogP contribution in [0.5, 0.6) is 5.75 Å². The molecule has 7 heteroatoms. The summed E-state index contributed by atoms with van der Waals surface area (Å²) < 4.78 is 7.79. The first-order chi connectivity index (χ1) is 16.1. The number of hydrogen-bond donors (Lipinski definition) is 1. The number of carbonyl (C=O) groups excluding carboxylic acids is 1. The first kappa shape index (κ1) is 22.9. The molecule has 33 heavy (non-hydrogen) atoms. The van der Waals surface area contributed by atoms with Gasteiger partial charge < -0.3 is 19.4 Å². The van der Waals surface area contributed by atoms with Gasteiger partial charge in [0.05, 0.1) is 5.69 Å². The van der Waals surface area contributed by atoms with Crippen LogP contribution in [-0.2, 0) is 12.3 Å². The number of aromatic nitrogens is 2. The van der Waals surface area contributed by atoms with Gasteiger partial charge in [0.25, 0.3) is 5.91 Å². The predicted molar refractivity (Wildman–Crippen MR) is 133 cm³/mol. The van der Waals surface area contributed by atoms with Gasteiger partial charge in [0, 0.05) is 41.7 Å². The first-order valence-corrected chi connectivity index (χ1v) is 11.9. The summed E-state index contributed by atoms with van der Waals surface area (Å²) in [5.74, 6) is 1.50. The van der Waals surface area contributed by atoms with Crippen LogP contribution in [0.3, 0.4) is 0 Å². The highest BCUT2D eigenvalue weighted by molar-refractivity contribution is 7.98. The summed E-state index contributed by atoms with van der Waals surface area (Å²) in [5.41, 5.74) is 3.63. The number of amides is 1. The van der Waals surface area contributed by atoms with Gasteiger partial charge in [0.15, 0.2) is 0 Å². The molecule has 0 fully saturated rings. The molecular weight excluding hydrogens is 432 g/mol. The van der Waals surface area contributed by atoms with Gasteiger partial charge in [-0.15, -0.1) is 11.8 Å². The Morgan fingerprint density at radius 2 is 1.94 bits per heavy atom. The molecule has 0 aliphatic heterocycles. The van der Waals surface area contributed by atoms with E-state index < -0.39 is 0 Å². The lowest BCUT2D eigenvalue weighted by molar-refractivity contribution is 0.0950. The van der Waals surface area contributed by atoms with E-state index in [0.29, 0.717) is 18.7 Å². The quantitative estimate of drug-likeness (QED) is 0.353. The van der Waals surface area contributed by atoms with E-state index in [1.807, 2.05) is 97.6 Å². The Balaban J connectivity index is 1.26. The van der Waals surface area contributed by atoms with Gasteiger partial charge >= 0.3 is 0 Å². The highest BCUT2D eigenvalue weighted by atomic mass is 32.2. The minimum Gasteiger partial charge on any atom is -0.492 e. The van der Waals surface area contributed by atoms with Crippen molar-refractivity contribution in [2.75, 3.05) is 27.2 Å². The molecule has 0 atom stereocenters. The molecule has 2 aromatic carbocycles. The van der Waals surface area contributed by atoms with Crippen LogP contribution in [-0.4, -0.2) is 47.4 Å². The number of hydrogen-bond acceptors (Lipinski definition) is 5. The summed E-state index contributed by atoms with van der Waals surface area (Å²) >= 11 is 1.70. The number of benzene rings is 2. The summed E-state index contributed by atoms with van der Waals surface area (Å²) in [4.78, 5) is 20.4. The van der Waals surface area contributed by atoms with Crippen molar-refractivity contribution in [3.05, 3.63) is 95.9 Å². The molecule has 0 spiro atoms. The Bertz CT molecular complexity index is 1170. The fraction of sp³-hybridized carbons (Fsp3) is 0.231. The standard InChI is InChI=1S/C26H28N4O2S/c1-29(2)14-15-32-23-7-5-6-20(16-23)17-27-26(31)21-9-11-24(12-10-21)33-19-22-18-30-13-4-3-8-25(30)28-22/h3-13,16,18H,14-15,17,19H2,1-2H3,(H,27,31). The summed E-state index contributed by atoms with van der Waals surface area (Å²) in [6.45, 7) is 1.94. The van der Waals surface area contributed by atoms with E-state index in [2.05, 4.69) is 15.2 Å². The van der Waals surface area contributed by atoms with Gasteiger partial charge in [-0.2, -0.15) is 0 Å². The van der Waals surface area contributed by atoms with E-state index in [9.17, 15) is 4.79 Å². The fourth-order valence-corrected chi connectivity index (χ4v) is 4.07. The Morgan fingerprint density at radius 1 is 1.09 bits per heavy atom. The molecule has 1 amide bonds. The van der Waals surface area contributed by atoms with Crippen LogP contribution in [0.1, 0.15) is 21.6 Å². The monoisotopic (exact) mass is 460 g/mol. The van der Waals surface area contributed by atoms with Crippen LogP contribution < -0.4 is 10.1 Å². The molecule has 170 valence electrons. The molecule has 2 heterocycles. The predicted octanol–water partition coefficient (Wildman–Crippen LogP) is 4.50. The fourth-order valence-electron chi connectivity index (χ4n) is 3.29. The molecule has 2 aromatic heterocycles. The number of nitrogens with one attached hydrogen (secondary N) is 1. The van der Waals surface area contributed by atoms with Gasteiger partial charge in [0.2, 0.25) is 0 Å². The topological polar surface area (TPSA) is 58.9 Å². The Labute approximate surface area is 198 Å². The number of imidazole rings is 1. The Hall–Kier alpha value is -3.29. The van der Waals surface area contributed by atoms with Gasteiger partial charge in [0.1, 0.15) is 18.0 Å². The number of nitrogens with zero attached hydrogens (tertiary/aromatic N) is 3. The normalized spacial score (nSPS) is 11.1. The molecular formula is C26H28N4O2S. The van der Waals surface area contributed by atoms with Crippen molar-refractivity contribution >= 4 is 23.3 Å². The van der Waals surface area contributed by atoms with Crippen LogP contribution in [0.4, 0.5) is 0 Å². The number of ether oxygens (including phenoxy) is 1. The van der Waals surface area contributed by atoms with Crippen LogP contribution in [0.25, 0.3) is 5.65 Å². The van der Waals surface area contributed by atoms with Crippen molar-refractivity contribution in [3.63, 3.8) is 0 Å². The van der Waals surface area contributed by atoms with E-state index in [0.717, 1.165) is 39.8 Å². The van der Waals surface area contributed by atoms with E-state index in [1.165, 1.54) is 0 Å². The summed E-state index contributed by atoms with van der Waals surface area (Å²) in [5, 5.41) is 2.99. The van der Waals surface area contributed by atoms with Crippen LogP contribution in [0, 0.1) is 0 Å². The molecule has 1 N–H and O–H groups in total. The smallest absolute Gasteiger partial charge is 0.251 e. The lowest BCUT2D eigenvalue weighted by Crippen LogP contribution is -2.22. The number of pyridine rings is 1. The second kappa shape index (κ2) is 11.0. The van der Waals surface area contributed by atoms with Crippen molar-refractivity contribution in [2.24, 2.45) is 0 Å². The molecule has 0 saturated heterocycles. The maximum Gasteiger partial charge on any atom is 0.251 e. The molecule has 6 nitrogen and oxygen atoms in total. The number of carbonyl (C=O) groups is 1.